The SMILES string of the molecule is CCOC(=O)c1c(NC(=O)C=Cc2cn(-c3ccccc3)nc2-c2cccs2)sc2c1CCCC2. The molecule has 6 nitrogen and oxygen atoms in total. The number of esters is 1. The fraction of sp³-hybridized carbons (Fsp3) is 0.222. The summed E-state index contributed by atoms with van der Waals surface area (Å²) in [7, 11) is 0. The quantitative estimate of drug-likeness (QED) is 0.235. The molecular weight excluding hydrogens is 478 g/mol. The number of carbonyl (C=O) groups excluding carboxylic acids is 2. The van der Waals surface area contributed by atoms with Crippen molar-refractivity contribution in [3.63, 3.8) is 0 Å². The highest BCUT2D eigenvalue weighted by Gasteiger charge is 2.27. The van der Waals surface area contributed by atoms with Crippen LogP contribution in [0.4, 0.5) is 5.00 Å². The number of aromatic nitrogens is 2. The van der Waals surface area contributed by atoms with Gasteiger partial charge < -0.3 is 10.1 Å². The molecule has 1 aliphatic carbocycles. The van der Waals surface area contributed by atoms with Crippen molar-refractivity contribution in [1.82, 2.24) is 9.78 Å². The van der Waals surface area contributed by atoms with E-state index in [0.717, 1.165) is 53.1 Å². The van der Waals surface area contributed by atoms with Gasteiger partial charge in [-0.3, -0.25) is 4.79 Å². The van der Waals surface area contributed by atoms with Gasteiger partial charge in [0.25, 0.3) is 0 Å². The minimum atomic E-state index is -0.365. The number of ether oxygens (including phenoxy) is 1. The van der Waals surface area contributed by atoms with Crippen molar-refractivity contribution in [1.29, 1.82) is 0 Å². The number of thiophene rings is 2. The van der Waals surface area contributed by atoms with Crippen molar-refractivity contribution in [3.8, 4) is 16.3 Å². The molecule has 3 heterocycles. The molecule has 8 heteroatoms. The first-order valence-electron chi connectivity index (χ1n) is 11.6. The smallest absolute Gasteiger partial charge is 0.341 e. The number of carbonyl (C=O) groups is 2. The molecule has 4 aromatic rings. The highest BCUT2D eigenvalue weighted by molar-refractivity contribution is 7.17. The number of benzene rings is 1. The van der Waals surface area contributed by atoms with Crippen molar-refractivity contribution in [2.24, 2.45) is 0 Å². The lowest BCUT2D eigenvalue weighted by Crippen LogP contribution is -2.14. The fourth-order valence-corrected chi connectivity index (χ4v) is 6.23. The van der Waals surface area contributed by atoms with E-state index < -0.39 is 0 Å². The van der Waals surface area contributed by atoms with Crippen LogP contribution in [0.1, 0.15) is 46.1 Å². The Balaban J connectivity index is 1.42. The van der Waals surface area contributed by atoms with E-state index in [1.807, 2.05) is 58.7 Å². The Bertz CT molecular complexity index is 1370. The molecule has 1 aliphatic rings. The molecule has 5 rings (SSSR count). The molecule has 0 radical (unpaired) electrons. The number of aryl methyl sites for hydroxylation is 1. The van der Waals surface area contributed by atoms with Crippen LogP contribution in [0.2, 0.25) is 0 Å². The lowest BCUT2D eigenvalue weighted by Gasteiger charge is -2.12. The van der Waals surface area contributed by atoms with Gasteiger partial charge in [0.05, 0.1) is 22.7 Å². The second kappa shape index (κ2) is 10.4. The maximum atomic E-state index is 12.9. The number of para-hydroxylation sites is 1. The summed E-state index contributed by atoms with van der Waals surface area (Å²) >= 11 is 3.09. The standard InChI is InChI=1S/C27H25N3O3S2/c1-2-33-27(32)24-20-11-6-7-12-21(20)35-26(24)28-23(31)15-14-18-17-30(19-9-4-3-5-10-19)29-25(18)22-13-8-16-34-22/h3-5,8-10,13-17H,2,6-7,11-12H2,1H3,(H,28,31). The summed E-state index contributed by atoms with van der Waals surface area (Å²) in [5.74, 6) is -0.658. The lowest BCUT2D eigenvalue weighted by atomic mass is 9.95. The van der Waals surface area contributed by atoms with Gasteiger partial charge >= 0.3 is 5.97 Å². The zero-order chi connectivity index (χ0) is 24.2. The molecule has 1 aromatic carbocycles. The Labute approximate surface area is 211 Å². The number of hydrogen-bond acceptors (Lipinski definition) is 6. The van der Waals surface area contributed by atoms with Crippen LogP contribution in [-0.2, 0) is 22.4 Å². The zero-order valence-electron chi connectivity index (χ0n) is 19.3. The van der Waals surface area contributed by atoms with Gasteiger partial charge in [-0.25, -0.2) is 9.48 Å². The molecule has 3 aromatic heterocycles. The maximum Gasteiger partial charge on any atom is 0.341 e. The van der Waals surface area contributed by atoms with Gasteiger partial charge in [0, 0.05) is 22.7 Å². The van der Waals surface area contributed by atoms with Crippen LogP contribution in [0, 0.1) is 0 Å². The minimum Gasteiger partial charge on any atom is -0.462 e. The van der Waals surface area contributed by atoms with Gasteiger partial charge in [-0.05, 0) is 67.8 Å². The molecule has 0 unspecified atom stereocenters. The Hall–Kier alpha value is -3.49. The summed E-state index contributed by atoms with van der Waals surface area (Å²) in [5, 5.41) is 10.3. The van der Waals surface area contributed by atoms with Crippen LogP contribution in [0.3, 0.4) is 0 Å². The summed E-state index contributed by atoms with van der Waals surface area (Å²) in [6.45, 7) is 2.09. The zero-order valence-corrected chi connectivity index (χ0v) is 21.0. The largest absolute Gasteiger partial charge is 0.462 e. The molecule has 1 N–H and O–H groups in total. The summed E-state index contributed by atoms with van der Waals surface area (Å²) in [4.78, 5) is 27.8. The van der Waals surface area contributed by atoms with Gasteiger partial charge in [-0.1, -0.05) is 24.3 Å². The predicted molar refractivity (Wildman–Crippen MR) is 141 cm³/mol. The number of amides is 1. The molecular formula is C27H25N3O3S2. The third-order valence-corrected chi connectivity index (χ3v) is 7.90. The number of hydrogen-bond donors (Lipinski definition) is 1. The third-order valence-electron chi connectivity index (χ3n) is 5.82. The first-order chi connectivity index (χ1) is 17.1. The molecule has 0 aliphatic heterocycles. The Kier molecular flexibility index (Phi) is 6.92. The van der Waals surface area contributed by atoms with Gasteiger partial charge in [0.15, 0.2) is 0 Å². The Morgan fingerprint density at radius 3 is 2.74 bits per heavy atom. The average Bonchev–Trinajstić information content (AvgIpc) is 3.61. The first kappa shape index (κ1) is 23.3. The Morgan fingerprint density at radius 2 is 1.97 bits per heavy atom. The van der Waals surface area contributed by atoms with Crippen molar-refractivity contribution < 1.29 is 14.3 Å². The van der Waals surface area contributed by atoms with Gasteiger partial charge in [-0.15, -0.1) is 22.7 Å². The topological polar surface area (TPSA) is 73.2 Å². The molecule has 35 heavy (non-hydrogen) atoms. The van der Waals surface area contributed by atoms with E-state index in [-0.39, 0.29) is 11.9 Å². The van der Waals surface area contributed by atoms with Crippen LogP contribution >= 0.6 is 22.7 Å². The van der Waals surface area contributed by atoms with E-state index in [1.165, 1.54) is 22.3 Å². The number of anilines is 1. The molecule has 0 saturated heterocycles. The average molecular weight is 504 g/mol. The van der Waals surface area contributed by atoms with E-state index in [0.29, 0.717) is 17.2 Å². The molecule has 0 atom stereocenters. The van der Waals surface area contributed by atoms with Crippen LogP contribution < -0.4 is 5.32 Å². The molecule has 0 fully saturated rings. The summed E-state index contributed by atoms with van der Waals surface area (Å²) in [6.07, 6.45) is 9.10. The molecule has 0 spiro atoms. The number of rotatable bonds is 7. The van der Waals surface area contributed by atoms with E-state index in [4.69, 9.17) is 9.84 Å². The van der Waals surface area contributed by atoms with E-state index in [9.17, 15) is 9.59 Å². The van der Waals surface area contributed by atoms with Crippen LogP contribution in [0.25, 0.3) is 22.3 Å². The molecule has 0 saturated carbocycles. The summed E-state index contributed by atoms with van der Waals surface area (Å²) in [6, 6.07) is 13.9. The van der Waals surface area contributed by atoms with Crippen LogP contribution in [-0.4, -0.2) is 28.3 Å². The van der Waals surface area contributed by atoms with E-state index in [2.05, 4.69) is 5.32 Å². The predicted octanol–water partition coefficient (Wildman–Crippen LogP) is 6.37. The van der Waals surface area contributed by atoms with Gasteiger partial charge in [0.2, 0.25) is 5.91 Å². The van der Waals surface area contributed by atoms with Gasteiger partial charge in [0.1, 0.15) is 10.7 Å². The fourth-order valence-electron chi connectivity index (χ4n) is 4.22. The number of nitrogens with one attached hydrogen (secondary N) is 1. The normalized spacial score (nSPS) is 13.1. The first-order valence-corrected chi connectivity index (χ1v) is 13.3. The summed E-state index contributed by atoms with van der Waals surface area (Å²) in [5.41, 5.74) is 4.14. The van der Waals surface area contributed by atoms with Crippen molar-refractivity contribution in [2.45, 2.75) is 32.6 Å². The summed E-state index contributed by atoms with van der Waals surface area (Å²) < 4.78 is 7.11. The maximum absolute atomic E-state index is 12.9. The second-order valence-electron chi connectivity index (χ2n) is 8.15. The molecule has 178 valence electrons. The minimum absolute atomic E-state index is 0.293. The van der Waals surface area contributed by atoms with Crippen molar-refractivity contribution in [3.05, 3.63) is 81.7 Å². The van der Waals surface area contributed by atoms with Crippen LogP contribution in [0.5, 0.6) is 0 Å². The van der Waals surface area contributed by atoms with Gasteiger partial charge in [-0.2, -0.15) is 5.10 Å². The number of fused-ring (bicyclic) bond motifs is 1. The molecule has 0 bridgehead atoms. The van der Waals surface area contributed by atoms with Crippen LogP contribution in [0.15, 0.2) is 60.1 Å². The lowest BCUT2D eigenvalue weighted by molar-refractivity contribution is -0.111. The van der Waals surface area contributed by atoms with Crippen molar-refractivity contribution in [2.75, 3.05) is 11.9 Å². The highest BCUT2D eigenvalue weighted by Crippen LogP contribution is 2.38. The van der Waals surface area contributed by atoms with Crippen molar-refractivity contribution >= 4 is 45.6 Å². The number of nitrogens with zero attached hydrogens (tertiary/aromatic N) is 2. The third kappa shape index (κ3) is 4.99. The van der Waals surface area contributed by atoms with E-state index >= 15 is 0 Å². The monoisotopic (exact) mass is 503 g/mol. The second-order valence-corrected chi connectivity index (χ2v) is 10.2. The Morgan fingerprint density at radius 1 is 1.14 bits per heavy atom. The molecule has 1 amide bonds. The highest BCUT2D eigenvalue weighted by atomic mass is 32.1. The van der Waals surface area contributed by atoms with E-state index in [1.54, 1.807) is 24.3 Å².